The first-order valence-corrected chi connectivity index (χ1v) is 6.40. The zero-order valence-corrected chi connectivity index (χ0v) is 12.4. The summed E-state index contributed by atoms with van der Waals surface area (Å²) in [4.78, 5) is 33.6. The van der Waals surface area contributed by atoms with Gasteiger partial charge in [0.25, 0.3) is 5.69 Å². The summed E-state index contributed by atoms with van der Waals surface area (Å²) < 4.78 is 0.243. The molecule has 0 saturated heterocycles. The van der Waals surface area contributed by atoms with E-state index < -0.39 is 37.9 Å². The molecule has 0 radical (unpaired) electrons. The largest absolute Gasteiger partial charge is 0.501 e. The molecule has 0 aliphatic carbocycles. The SMILES string of the molecule is O=c1[nH]c2cc(Br)c(Br)c([N+](=O)[O-])c2c(O)c1[N+](=O)[O-]. The Kier molecular flexibility index (Phi) is 3.48. The Labute approximate surface area is 125 Å². The van der Waals surface area contributed by atoms with E-state index in [1.54, 1.807) is 0 Å². The van der Waals surface area contributed by atoms with Crippen molar-refractivity contribution in [3.8, 4) is 5.75 Å². The zero-order valence-electron chi connectivity index (χ0n) is 9.22. The van der Waals surface area contributed by atoms with Gasteiger partial charge in [-0.1, -0.05) is 0 Å². The molecule has 20 heavy (non-hydrogen) atoms. The number of nitro groups is 2. The standard InChI is InChI=1S/C9H3Br2N3O6/c10-2-1-3-4(6(5(2)11)13(17)18)8(15)7(14(19)20)9(16)12-3/h1H,(H2,12,15,16). The van der Waals surface area contributed by atoms with Gasteiger partial charge in [0.2, 0.25) is 5.75 Å². The molecule has 11 heteroatoms. The lowest BCUT2D eigenvalue weighted by Crippen LogP contribution is -2.12. The Morgan fingerprint density at radius 2 is 1.70 bits per heavy atom. The van der Waals surface area contributed by atoms with Crippen molar-refractivity contribution in [1.82, 2.24) is 4.98 Å². The number of nitrogens with one attached hydrogen (secondary N) is 1. The predicted molar refractivity (Wildman–Crippen MR) is 74.9 cm³/mol. The summed E-state index contributed by atoms with van der Waals surface area (Å²) in [6.45, 7) is 0. The molecule has 0 aliphatic rings. The average molecular weight is 409 g/mol. The van der Waals surface area contributed by atoms with Gasteiger partial charge in [0.1, 0.15) is 9.86 Å². The van der Waals surface area contributed by atoms with Crippen LogP contribution in [0, 0.1) is 20.2 Å². The molecule has 1 heterocycles. The van der Waals surface area contributed by atoms with Crippen molar-refractivity contribution < 1.29 is 15.0 Å². The van der Waals surface area contributed by atoms with Crippen molar-refractivity contribution in [2.24, 2.45) is 0 Å². The lowest BCUT2D eigenvalue weighted by Gasteiger charge is -2.06. The number of hydrogen-bond acceptors (Lipinski definition) is 6. The van der Waals surface area contributed by atoms with Crippen LogP contribution in [0.3, 0.4) is 0 Å². The minimum atomic E-state index is -1.15. The van der Waals surface area contributed by atoms with Crippen molar-refractivity contribution in [2.45, 2.75) is 0 Å². The van der Waals surface area contributed by atoms with Gasteiger partial charge in [0.15, 0.2) is 0 Å². The van der Waals surface area contributed by atoms with Crippen molar-refractivity contribution in [3.63, 3.8) is 0 Å². The van der Waals surface area contributed by atoms with Crippen molar-refractivity contribution in [1.29, 1.82) is 0 Å². The monoisotopic (exact) mass is 407 g/mol. The fourth-order valence-electron chi connectivity index (χ4n) is 1.70. The fraction of sp³-hybridized carbons (Fsp3) is 0. The molecule has 9 nitrogen and oxygen atoms in total. The second kappa shape index (κ2) is 4.83. The van der Waals surface area contributed by atoms with Crippen molar-refractivity contribution in [2.75, 3.05) is 0 Å². The molecule has 0 saturated carbocycles. The highest BCUT2D eigenvalue weighted by molar-refractivity contribution is 9.13. The highest BCUT2D eigenvalue weighted by atomic mass is 79.9. The third-order valence-electron chi connectivity index (χ3n) is 2.48. The molecule has 0 fully saturated rings. The van der Waals surface area contributed by atoms with Gasteiger partial charge in [-0.2, -0.15) is 0 Å². The Morgan fingerprint density at radius 1 is 1.15 bits per heavy atom. The number of aromatic amines is 1. The second-order valence-electron chi connectivity index (χ2n) is 3.61. The number of pyridine rings is 1. The highest BCUT2D eigenvalue weighted by Crippen LogP contribution is 2.43. The molecule has 0 bridgehead atoms. The summed E-state index contributed by atoms with van der Waals surface area (Å²) in [5.41, 5.74) is -2.98. The summed E-state index contributed by atoms with van der Waals surface area (Å²) >= 11 is 6.00. The number of aromatic nitrogens is 1. The van der Waals surface area contributed by atoms with Crippen LogP contribution in [0.4, 0.5) is 11.4 Å². The van der Waals surface area contributed by atoms with Gasteiger partial charge in [-0.15, -0.1) is 0 Å². The minimum absolute atomic E-state index is 0.00773. The first-order valence-electron chi connectivity index (χ1n) is 4.81. The molecule has 0 aliphatic heterocycles. The number of nitro benzene ring substituents is 1. The van der Waals surface area contributed by atoms with E-state index in [-0.39, 0.29) is 14.5 Å². The molecule has 0 unspecified atom stereocenters. The summed E-state index contributed by atoms with van der Waals surface area (Å²) in [6.07, 6.45) is 0. The van der Waals surface area contributed by atoms with Crippen LogP contribution in [0.2, 0.25) is 0 Å². The van der Waals surface area contributed by atoms with Gasteiger partial charge in [0.05, 0.1) is 15.4 Å². The lowest BCUT2D eigenvalue weighted by atomic mass is 10.1. The van der Waals surface area contributed by atoms with Gasteiger partial charge in [0, 0.05) is 4.47 Å². The molecular weight excluding hydrogens is 406 g/mol. The summed E-state index contributed by atoms with van der Waals surface area (Å²) in [5, 5.41) is 31.3. The summed E-state index contributed by atoms with van der Waals surface area (Å²) in [5.74, 6) is -1.05. The van der Waals surface area contributed by atoms with Crippen LogP contribution in [0.5, 0.6) is 5.75 Å². The van der Waals surface area contributed by atoms with E-state index in [1.165, 1.54) is 6.07 Å². The smallest absolute Gasteiger partial charge is 0.375 e. The number of rotatable bonds is 2. The lowest BCUT2D eigenvalue weighted by molar-refractivity contribution is -0.388. The van der Waals surface area contributed by atoms with Crippen molar-refractivity contribution >= 4 is 54.1 Å². The number of benzene rings is 1. The minimum Gasteiger partial charge on any atom is -0.501 e. The van der Waals surface area contributed by atoms with Crippen LogP contribution < -0.4 is 5.56 Å². The van der Waals surface area contributed by atoms with E-state index in [9.17, 15) is 30.1 Å². The molecule has 0 amide bonds. The Morgan fingerprint density at radius 3 is 2.20 bits per heavy atom. The average Bonchev–Trinajstić information content (AvgIpc) is 2.30. The molecule has 1 aromatic heterocycles. The second-order valence-corrected chi connectivity index (χ2v) is 5.26. The van der Waals surface area contributed by atoms with E-state index in [1.807, 2.05) is 0 Å². The number of hydrogen-bond donors (Lipinski definition) is 2. The van der Waals surface area contributed by atoms with Gasteiger partial charge >= 0.3 is 11.2 Å². The first kappa shape index (κ1) is 14.4. The van der Waals surface area contributed by atoms with E-state index >= 15 is 0 Å². The van der Waals surface area contributed by atoms with Crippen LogP contribution in [0.15, 0.2) is 19.8 Å². The molecule has 0 spiro atoms. The maximum absolute atomic E-state index is 11.5. The zero-order chi connectivity index (χ0) is 15.2. The molecule has 2 rings (SSSR count). The van der Waals surface area contributed by atoms with Crippen LogP contribution in [0.25, 0.3) is 10.9 Å². The molecule has 1 aromatic carbocycles. The third-order valence-corrected chi connectivity index (χ3v) is 4.44. The van der Waals surface area contributed by atoms with Crippen LogP contribution in [-0.4, -0.2) is 19.9 Å². The number of fused-ring (bicyclic) bond motifs is 1. The van der Waals surface area contributed by atoms with Crippen molar-refractivity contribution in [3.05, 3.63) is 45.6 Å². The first-order chi connectivity index (χ1) is 9.25. The quantitative estimate of drug-likeness (QED) is 0.578. The van der Waals surface area contributed by atoms with Gasteiger partial charge in [-0.05, 0) is 37.9 Å². The fourth-order valence-corrected chi connectivity index (χ4v) is 2.57. The maximum Gasteiger partial charge on any atom is 0.375 e. The van der Waals surface area contributed by atoms with Gasteiger partial charge in [-0.25, -0.2) is 0 Å². The number of aromatic hydroxyl groups is 1. The normalized spacial score (nSPS) is 10.7. The van der Waals surface area contributed by atoms with Crippen LogP contribution >= 0.6 is 31.9 Å². The van der Waals surface area contributed by atoms with E-state index in [0.29, 0.717) is 0 Å². The predicted octanol–water partition coefficient (Wildman–Crippen LogP) is 2.58. The van der Waals surface area contributed by atoms with Crippen LogP contribution in [-0.2, 0) is 0 Å². The Bertz CT molecular complexity index is 831. The summed E-state index contributed by atoms with van der Waals surface area (Å²) in [6, 6.07) is 1.29. The number of nitrogens with zero attached hydrogens (tertiary/aromatic N) is 2. The molecule has 104 valence electrons. The third kappa shape index (κ3) is 2.04. The Hall–Kier alpha value is -2.01. The Balaban J connectivity index is 3.14. The van der Waals surface area contributed by atoms with E-state index in [0.717, 1.165) is 0 Å². The summed E-state index contributed by atoms with van der Waals surface area (Å²) in [7, 11) is 0. The maximum atomic E-state index is 11.5. The van der Waals surface area contributed by atoms with Gasteiger partial charge in [-0.3, -0.25) is 25.0 Å². The van der Waals surface area contributed by atoms with E-state index in [2.05, 4.69) is 36.8 Å². The number of halogens is 2. The highest BCUT2D eigenvalue weighted by Gasteiger charge is 2.30. The molecular formula is C9H3Br2N3O6. The molecule has 2 aromatic rings. The number of H-pyrrole nitrogens is 1. The van der Waals surface area contributed by atoms with Gasteiger partial charge < -0.3 is 10.1 Å². The molecule has 0 atom stereocenters. The van der Waals surface area contributed by atoms with Crippen LogP contribution in [0.1, 0.15) is 0 Å². The molecule has 2 N–H and O–H groups in total. The topological polar surface area (TPSA) is 139 Å². The van der Waals surface area contributed by atoms with E-state index in [4.69, 9.17) is 0 Å².